The lowest BCUT2D eigenvalue weighted by molar-refractivity contribution is 0.0125. The average Bonchev–Trinajstić information content (AvgIpc) is 3.11. The summed E-state index contributed by atoms with van der Waals surface area (Å²) in [6, 6.07) is 16.3. The third-order valence-corrected chi connectivity index (χ3v) is 3.45. The van der Waals surface area contributed by atoms with Gasteiger partial charge in [0.1, 0.15) is 12.4 Å². The van der Waals surface area contributed by atoms with Gasteiger partial charge in [-0.3, -0.25) is 4.79 Å². The van der Waals surface area contributed by atoms with Crippen molar-refractivity contribution >= 4 is 0 Å². The van der Waals surface area contributed by atoms with Crippen molar-refractivity contribution in [2.45, 2.75) is 19.3 Å². The molecule has 124 valence electrons. The van der Waals surface area contributed by atoms with E-state index in [0.29, 0.717) is 11.5 Å². The molecular formula is C18H18N2O4. The van der Waals surface area contributed by atoms with Crippen LogP contribution in [0.2, 0.25) is 0 Å². The number of rotatable bonds is 7. The fourth-order valence-corrected chi connectivity index (χ4v) is 2.29. The maximum Gasteiger partial charge on any atom is 0.266 e. The minimum atomic E-state index is -0.837. The van der Waals surface area contributed by atoms with E-state index in [1.807, 2.05) is 30.3 Å². The van der Waals surface area contributed by atoms with Gasteiger partial charge in [-0.2, -0.15) is 5.10 Å². The molecule has 0 radical (unpaired) electrons. The highest BCUT2D eigenvalue weighted by Crippen LogP contribution is 2.14. The summed E-state index contributed by atoms with van der Waals surface area (Å²) in [6.07, 6.45) is 0.726. The third-order valence-electron chi connectivity index (χ3n) is 3.45. The number of aromatic nitrogens is 2. The molecule has 0 aliphatic heterocycles. The molecule has 0 spiro atoms. The monoisotopic (exact) mass is 326 g/mol. The molecule has 0 saturated carbocycles. The first-order chi connectivity index (χ1) is 11.7. The molecule has 6 nitrogen and oxygen atoms in total. The van der Waals surface area contributed by atoms with Gasteiger partial charge in [-0.05, 0) is 18.2 Å². The Kier molecular flexibility index (Phi) is 5.20. The summed E-state index contributed by atoms with van der Waals surface area (Å²) < 4.78 is 11.8. The zero-order valence-electron chi connectivity index (χ0n) is 13.0. The first-order valence-corrected chi connectivity index (χ1v) is 7.64. The van der Waals surface area contributed by atoms with Crippen LogP contribution in [0.5, 0.6) is 0 Å². The standard InChI is InChI=1S/C18H18N2O4/c21-15(12-23-13-16-7-4-10-24-16)11-20-18(22)9-8-17(19-20)14-5-2-1-3-6-14/h1-10,15,21H,11-13H2. The minimum absolute atomic E-state index is 0.0671. The second-order valence-electron chi connectivity index (χ2n) is 5.35. The quantitative estimate of drug-likeness (QED) is 0.719. The first kappa shape index (κ1) is 16.2. The van der Waals surface area contributed by atoms with Gasteiger partial charge in [0.2, 0.25) is 0 Å². The zero-order chi connectivity index (χ0) is 16.8. The molecular weight excluding hydrogens is 308 g/mol. The molecule has 1 unspecified atom stereocenters. The van der Waals surface area contributed by atoms with Gasteiger partial charge in [0.15, 0.2) is 0 Å². The second-order valence-corrected chi connectivity index (χ2v) is 5.35. The highest BCUT2D eigenvalue weighted by atomic mass is 16.5. The fourth-order valence-electron chi connectivity index (χ4n) is 2.29. The molecule has 1 N–H and O–H groups in total. The highest BCUT2D eigenvalue weighted by Gasteiger charge is 2.10. The lowest BCUT2D eigenvalue weighted by Crippen LogP contribution is -2.30. The molecule has 0 fully saturated rings. The Morgan fingerprint density at radius 1 is 1.12 bits per heavy atom. The van der Waals surface area contributed by atoms with Crippen molar-refractivity contribution in [1.82, 2.24) is 9.78 Å². The fraction of sp³-hybridized carbons (Fsp3) is 0.222. The van der Waals surface area contributed by atoms with Crippen LogP contribution < -0.4 is 5.56 Å². The normalized spacial score (nSPS) is 12.2. The number of aliphatic hydroxyl groups excluding tert-OH is 1. The van der Waals surface area contributed by atoms with Crippen LogP contribution in [0.15, 0.2) is 70.1 Å². The van der Waals surface area contributed by atoms with Crippen LogP contribution in [0.1, 0.15) is 5.76 Å². The Labute approximate surface area is 138 Å². The molecule has 2 aromatic heterocycles. The summed E-state index contributed by atoms with van der Waals surface area (Å²) in [5, 5.41) is 14.4. The van der Waals surface area contributed by atoms with Crippen LogP contribution in [0, 0.1) is 0 Å². The van der Waals surface area contributed by atoms with Crippen LogP contribution in [-0.2, 0) is 17.9 Å². The van der Waals surface area contributed by atoms with Crippen molar-refractivity contribution in [2.24, 2.45) is 0 Å². The number of ether oxygens (including phenoxy) is 1. The molecule has 0 saturated heterocycles. The van der Waals surface area contributed by atoms with Crippen molar-refractivity contribution in [1.29, 1.82) is 0 Å². The maximum atomic E-state index is 11.9. The highest BCUT2D eigenvalue weighted by molar-refractivity contribution is 5.57. The van der Waals surface area contributed by atoms with Crippen molar-refractivity contribution in [3.63, 3.8) is 0 Å². The van der Waals surface area contributed by atoms with Crippen molar-refractivity contribution < 1.29 is 14.3 Å². The molecule has 1 aromatic carbocycles. The summed E-state index contributed by atoms with van der Waals surface area (Å²) in [4.78, 5) is 11.9. The Hall–Kier alpha value is -2.70. The molecule has 3 rings (SSSR count). The molecule has 24 heavy (non-hydrogen) atoms. The van der Waals surface area contributed by atoms with Crippen LogP contribution in [0.3, 0.4) is 0 Å². The number of hydrogen-bond donors (Lipinski definition) is 1. The van der Waals surface area contributed by atoms with E-state index in [4.69, 9.17) is 9.15 Å². The van der Waals surface area contributed by atoms with Gasteiger partial charge in [-0.15, -0.1) is 0 Å². The van der Waals surface area contributed by atoms with E-state index >= 15 is 0 Å². The van der Waals surface area contributed by atoms with Crippen LogP contribution in [-0.4, -0.2) is 27.6 Å². The van der Waals surface area contributed by atoms with Crippen molar-refractivity contribution in [3.05, 3.63) is 77.0 Å². The van der Waals surface area contributed by atoms with Gasteiger partial charge in [-0.1, -0.05) is 30.3 Å². The van der Waals surface area contributed by atoms with E-state index < -0.39 is 6.10 Å². The van der Waals surface area contributed by atoms with E-state index in [1.165, 1.54) is 10.7 Å². The van der Waals surface area contributed by atoms with Crippen molar-refractivity contribution in [3.8, 4) is 11.3 Å². The largest absolute Gasteiger partial charge is 0.467 e. The predicted octanol–water partition coefficient (Wildman–Crippen LogP) is 2.08. The SMILES string of the molecule is O=c1ccc(-c2ccccc2)nn1CC(O)COCc1ccco1. The number of hydrogen-bond acceptors (Lipinski definition) is 5. The predicted molar refractivity (Wildman–Crippen MR) is 88.3 cm³/mol. The summed E-state index contributed by atoms with van der Waals surface area (Å²) in [6.45, 7) is 0.429. The number of benzene rings is 1. The molecule has 1 atom stereocenters. The molecule has 2 heterocycles. The Bertz CT molecular complexity index is 813. The number of furan rings is 1. The van der Waals surface area contributed by atoms with Gasteiger partial charge in [0, 0.05) is 11.6 Å². The molecule has 6 heteroatoms. The topological polar surface area (TPSA) is 77.5 Å². The molecule has 0 amide bonds. The second kappa shape index (κ2) is 7.72. The maximum absolute atomic E-state index is 11.9. The minimum Gasteiger partial charge on any atom is -0.467 e. The van der Waals surface area contributed by atoms with Gasteiger partial charge in [-0.25, -0.2) is 4.68 Å². The number of aliphatic hydroxyl groups is 1. The molecule has 0 aliphatic carbocycles. The Balaban J connectivity index is 1.62. The zero-order valence-corrected chi connectivity index (χ0v) is 13.0. The van der Waals surface area contributed by atoms with Crippen LogP contribution in [0.4, 0.5) is 0 Å². The molecule has 0 aliphatic rings. The smallest absolute Gasteiger partial charge is 0.266 e. The van der Waals surface area contributed by atoms with E-state index in [0.717, 1.165) is 5.56 Å². The average molecular weight is 326 g/mol. The Morgan fingerprint density at radius 3 is 2.71 bits per heavy atom. The summed E-state index contributed by atoms with van der Waals surface area (Å²) in [5.41, 5.74) is 1.33. The van der Waals surface area contributed by atoms with Gasteiger partial charge in [0.05, 0.1) is 31.2 Å². The van der Waals surface area contributed by atoms with E-state index in [1.54, 1.807) is 24.5 Å². The van der Waals surface area contributed by atoms with Gasteiger partial charge in [0.25, 0.3) is 5.56 Å². The van der Waals surface area contributed by atoms with E-state index in [9.17, 15) is 9.90 Å². The van der Waals surface area contributed by atoms with Crippen LogP contribution >= 0.6 is 0 Å². The lowest BCUT2D eigenvalue weighted by atomic mass is 10.1. The summed E-state index contributed by atoms with van der Waals surface area (Å²) in [5.74, 6) is 0.684. The van der Waals surface area contributed by atoms with E-state index in [-0.39, 0.29) is 25.3 Å². The summed E-state index contributed by atoms with van der Waals surface area (Å²) in [7, 11) is 0. The van der Waals surface area contributed by atoms with Crippen molar-refractivity contribution in [2.75, 3.05) is 6.61 Å². The van der Waals surface area contributed by atoms with Gasteiger partial charge >= 0.3 is 0 Å². The van der Waals surface area contributed by atoms with E-state index in [2.05, 4.69) is 5.10 Å². The van der Waals surface area contributed by atoms with Crippen LogP contribution in [0.25, 0.3) is 11.3 Å². The summed E-state index contributed by atoms with van der Waals surface area (Å²) >= 11 is 0. The third kappa shape index (κ3) is 4.18. The number of nitrogens with zero attached hydrogens (tertiary/aromatic N) is 2. The molecule has 3 aromatic rings. The first-order valence-electron chi connectivity index (χ1n) is 7.64. The lowest BCUT2D eigenvalue weighted by Gasteiger charge is -2.12. The van der Waals surface area contributed by atoms with Gasteiger partial charge < -0.3 is 14.3 Å². The Morgan fingerprint density at radius 2 is 1.96 bits per heavy atom. The molecule has 0 bridgehead atoms.